The largest absolute Gasteiger partial charge is 0.497 e. The van der Waals surface area contributed by atoms with E-state index in [4.69, 9.17) is 44.8 Å². The number of ether oxygens (including phenoxy) is 7. The zero-order valence-corrected chi connectivity index (χ0v) is 28.8. The molecule has 0 bridgehead atoms. The molecular formula is C37H38Cl2N2O8. The summed E-state index contributed by atoms with van der Waals surface area (Å²) in [5.41, 5.74) is 3.44. The van der Waals surface area contributed by atoms with E-state index in [0.717, 1.165) is 59.7 Å². The summed E-state index contributed by atoms with van der Waals surface area (Å²) in [7, 11) is 3.32. The van der Waals surface area contributed by atoms with Gasteiger partial charge in [0.05, 0.1) is 26.7 Å². The Morgan fingerprint density at radius 3 is 2.16 bits per heavy atom. The zero-order chi connectivity index (χ0) is 33.0. The molecule has 0 saturated carbocycles. The van der Waals surface area contributed by atoms with Gasteiger partial charge in [0.2, 0.25) is 6.79 Å². The smallest absolute Gasteiger partial charge is 0.260 e. The second-order valence-corrected chi connectivity index (χ2v) is 12.3. The molecule has 4 aliphatic rings. The van der Waals surface area contributed by atoms with Gasteiger partial charge in [0, 0.05) is 61.0 Å². The molecule has 0 spiro atoms. The van der Waals surface area contributed by atoms with Gasteiger partial charge in [-0.2, -0.15) is 0 Å². The second kappa shape index (κ2) is 15.4. The summed E-state index contributed by atoms with van der Waals surface area (Å²) in [6.45, 7) is 4.86. The van der Waals surface area contributed by atoms with E-state index in [-0.39, 0.29) is 43.7 Å². The van der Waals surface area contributed by atoms with E-state index in [9.17, 15) is 4.79 Å². The van der Waals surface area contributed by atoms with Crippen LogP contribution in [0.5, 0.6) is 40.2 Å². The fourth-order valence-corrected chi connectivity index (χ4v) is 6.42. The van der Waals surface area contributed by atoms with Gasteiger partial charge in [-0.15, -0.1) is 12.4 Å². The van der Waals surface area contributed by atoms with E-state index < -0.39 is 0 Å². The van der Waals surface area contributed by atoms with Crippen molar-refractivity contribution in [1.82, 2.24) is 9.80 Å². The molecule has 1 fully saturated rings. The van der Waals surface area contributed by atoms with Crippen LogP contribution in [-0.2, 0) is 11.3 Å². The van der Waals surface area contributed by atoms with Crippen molar-refractivity contribution in [3.8, 4) is 40.2 Å². The highest BCUT2D eigenvalue weighted by Crippen LogP contribution is 2.52. The lowest BCUT2D eigenvalue weighted by Gasteiger charge is -2.34. The number of benzene rings is 4. The van der Waals surface area contributed by atoms with Crippen LogP contribution in [0.4, 0.5) is 0 Å². The first-order valence-corrected chi connectivity index (χ1v) is 16.3. The number of carbonyl (C=O) groups excluding carboxylic acids is 1. The lowest BCUT2D eigenvalue weighted by Crippen LogP contribution is -2.49. The molecule has 0 N–H and O–H groups in total. The van der Waals surface area contributed by atoms with Gasteiger partial charge in [0.1, 0.15) is 34.9 Å². The maximum Gasteiger partial charge on any atom is 0.260 e. The predicted octanol–water partition coefficient (Wildman–Crippen LogP) is 6.53. The number of rotatable bonds is 7. The van der Waals surface area contributed by atoms with E-state index >= 15 is 0 Å². The fraction of sp³-hybridized carbons (Fsp3) is 0.324. The molecule has 0 aliphatic carbocycles. The molecule has 1 saturated heterocycles. The Morgan fingerprint density at radius 1 is 0.755 bits per heavy atom. The van der Waals surface area contributed by atoms with Crippen molar-refractivity contribution in [2.75, 3.05) is 60.4 Å². The lowest BCUT2D eigenvalue weighted by atomic mass is 9.89. The molecule has 1 amide bonds. The first-order valence-electron chi connectivity index (χ1n) is 15.9. The van der Waals surface area contributed by atoms with Crippen LogP contribution in [0.3, 0.4) is 0 Å². The standard InChI is InChI=1S/C20H21ClN2O4.C17H16O4.ClH/c21-16-2-4-17(5-3-16)25-13-20(24)23-9-7-22(8-10-23)12-15-1-6-18-19(11-15)27-14-26-18;1-18-10-4-6-13-15(7-10)20-9-14-12-5-3-11(19-2)8-16(12)21-17(13)14;/h1-6,11H,7-10,12-14H2;3-8,14,17H,9H2,1-2H3;1H. The molecule has 4 heterocycles. The Bertz CT molecular complexity index is 1760. The summed E-state index contributed by atoms with van der Waals surface area (Å²) < 4.78 is 38.9. The number of methoxy groups -OCH3 is 2. The number of halogens is 2. The van der Waals surface area contributed by atoms with Crippen LogP contribution < -0.4 is 33.2 Å². The van der Waals surface area contributed by atoms with Crippen LogP contribution in [0.2, 0.25) is 5.02 Å². The molecule has 10 nitrogen and oxygen atoms in total. The topological polar surface area (TPSA) is 88.2 Å². The predicted molar refractivity (Wildman–Crippen MR) is 186 cm³/mol. The van der Waals surface area contributed by atoms with Gasteiger partial charge in [0.25, 0.3) is 5.91 Å². The van der Waals surface area contributed by atoms with Crippen LogP contribution in [-0.4, -0.2) is 76.1 Å². The Morgan fingerprint density at radius 2 is 1.43 bits per heavy atom. The first-order chi connectivity index (χ1) is 23.5. The number of piperazine rings is 1. The van der Waals surface area contributed by atoms with Gasteiger partial charge in [-0.25, -0.2) is 0 Å². The van der Waals surface area contributed by atoms with Gasteiger partial charge >= 0.3 is 0 Å². The number of hydrogen-bond acceptors (Lipinski definition) is 9. The maximum absolute atomic E-state index is 12.4. The molecule has 49 heavy (non-hydrogen) atoms. The van der Waals surface area contributed by atoms with Crippen LogP contribution in [0, 0.1) is 0 Å². The summed E-state index contributed by atoms with van der Waals surface area (Å²) >= 11 is 5.85. The third kappa shape index (κ3) is 7.72. The molecule has 4 aromatic carbocycles. The van der Waals surface area contributed by atoms with E-state index in [2.05, 4.69) is 17.0 Å². The minimum Gasteiger partial charge on any atom is -0.497 e. The molecular weight excluding hydrogens is 671 g/mol. The minimum atomic E-state index is 0. The van der Waals surface area contributed by atoms with Gasteiger partial charge in [-0.05, 0) is 60.2 Å². The van der Waals surface area contributed by atoms with Crippen LogP contribution in [0.1, 0.15) is 28.7 Å². The summed E-state index contributed by atoms with van der Waals surface area (Å²) in [4.78, 5) is 16.5. The summed E-state index contributed by atoms with van der Waals surface area (Å²) in [6.07, 6.45) is 0.00163. The summed E-state index contributed by atoms with van der Waals surface area (Å²) in [6, 6.07) is 24.9. The van der Waals surface area contributed by atoms with Crippen molar-refractivity contribution in [2.45, 2.75) is 18.6 Å². The van der Waals surface area contributed by atoms with Crippen molar-refractivity contribution in [3.63, 3.8) is 0 Å². The zero-order valence-electron chi connectivity index (χ0n) is 27.3. The Labute approximate surface area is 296 Å². The van der Waals surface area contributed by atoms with Crippen LogP contribution >= 0.6 is 24.0 Å². The van der Waals surface area contributed by atoms with E-state index in [1.165, 1.54) is 11.1 Å². The highest BCUT2D eigenvalue weighted by molar-refractivity contribution is 6.30. The molecule has 2 atom stereocenters. The number of hydrogen-bond donors (Lipinski definition) is 0. The average molecular weight is 710 g/mol. The van der Waals surface area contributed by atoms with Gasteiger partial charge in [-0.1, -0.05) is 23.7 Å². The third-order valence-corrected chi connectivity index (χ3v) is 9.18. The third-order valence-electron chi connectivity index (χ3n) is 8.93. The van der Waals surface area contributed by atoms with Gasteiger partial charge in [0.15, 0.2) is 18.1 Å². The van der Waals surface area contributed by atoms with Gasteiger partial charge < -0.3 is 38.1 Å². The highest BCUT2D eigenvalue weighted by atomic mass is 35.5. The van der Waals surface area contributed by atoms with Gasteiger partial charge in [-0.3, -0.25) is 9.69 Å². The van der Waals surface area contributed by atoms with Crippen molar-refractivity contribution >= 4 is 29.9 Å². The van der Waals surface area contributed by atoms with E-state index in [0.29, 0.717) is 30.5 Å². The number of fused-ring (bicyclic) bond motifs is 6. The first kappa shape index (κ1) is 34.4. The number of nitrogens with zero attached hydrogens (tertiary/aromatic N) is 2. The molecule has 0 radical (unpaired) electrons. The summed E-state index contributed by atoms with van der Waals surface area (Å²) in [5, 5.41) is 0.646. The average Bonchev–Trinajstić information content (AvgIpc) is 3.75. The minimum absolute atomic E-state index is 0. The Hall–Kier alpha value is -4.51. The monoisotopic (exact) mass is 708 g/mol. The normalized spacial score (nSPS) is 18.2. The van der Waals surface area contributed by atoms with Crippen LogP contribution in [0.15, 0.2) is 78.9 Å². The Kier molecular flexibility index (Phi) is 10.8. The highest BCUT2D eigenvalue weighted by Gasteiger charge is 2.41. The Balaban J connectivity index is 0.000000171. The molecule has 12 heteroatoms. The molecule has 4 aliphatic heterocycles. The number of amides is 1. The van der Waals surface area contributed by atoms with Crippen molar-refractivity contribution in [3.05, 3.63) is 101 Å². The molecule has 2 unspecified atom stereocenters. The fourth-order valence-electron chi connectivity index (χ4n) is 6.29. The molecule has 258 valence electrons. The van der Waals surface area contributed by atoms with Crippen molar-refractivity contribution in [2.24, 2.45) is 0 Å². The van der Waals surface area contributed by atoms with Crippen molar-refractivity contribution < 1.29 is 38.0 Å². The van der Waals surface area contributed by atoms with E-state index in [1.54, 1.807) is 38.5 Å². The SMILES string of the molecule is COc1ccc2c(c1)OC1c3ccc(OC)cc3OCC21.Cl.O=C(COc1ccc(Cl)cc1)N1CCN(Cc2ccc3c(c2)OCO3)CC1. The molecule has 4 aromatic rings. The lowest BCUT2D eigenvalue weighted by molar-refractivity contribution is -0.135. The van der Waals surface area contributed by atoms with E-state index in [1.807, 2.05) is 47.4 Å². The maximum atomic E-state index is 12.4. The van der Waals surface area contributed by atoms with Crippen molar-refractivity contribution in [1.29, 1.82) is 0 Å². The summed E-state index contributed by atoms with van der Waals surface area (Å²) in [5.74, 6) is 5.82. The molecule has 8 rings (SSSR count). The quantitative estimate of drug-likeness (QED) is 0.213. The van der Waals surface area contributed by atoms with Crippen LogP contribution in [0.25, 0.3) is 0 Å². The molecule has 0 aromatic heterocycles. The second-order valence-electron chi connectivity index (χ2n) is 11.9. The number of carbonyl (C=O) groups is 1.